The summed E-state index contributed by atoms with van der Waals surface area (Å²) in [6, 6.07) is 7.20. The average Bonchev–Trinajstić information content (AvgIpc) is 2.49. The predicted molar refractivity (Wildman–Crippen MR) is 81.5 cm³/mol. The van der Waals surface area contributed by atoms with Gasteiger partial charge in [0.05, 0.1) is 18.1 Å². The second-order valence-electron chi connectivity index (χ2n) is 5.88. The first-order valence-corrected chi connectivity index (χ1v) is 7.00. The lowest BCUT2D eigenvalue weighted by atomic mass is 9.56. The van der Waals surface area contributed by atoms with Gasteiger partial charge in [-0.05, 0) is 37.0 Å². The van der Waals surface area contributed by atoms with Gasteiger partial charge in [0.15, 0.2) is 0 Å². The molecule has 5 heteroatoms. The van der Waals surface area contributed by atoms with Gasteiger partial charge in [0.2, 0.25) is 0 Å². The highest BCUT2D eigenvalue weighted by Crippen LogP contribution is 2.52. The van der Waals surface area contributed by atoms with E-state index in [0.29, 0.717) is 12.8 Å². The van der Waals surface area contributed by atoms with Crippen LogP contribution in [0.15, 0.2) is 30.3 Å². The van der Waals surface area contributed by atoms with Crippen molar-refractivity contribution in [2.75, 3.05) is 14.2 Å². The van der Waals surface area contributed by atoms with Crippen LogP contribution in [0.3, 0.4) is 0 Å². The van der Waals surface area contributed by atoms with Gasteiger partial charge in [-0.2, -0.15) is 0 Å². The average molecular weight is 304 g/mol. The van der Waals surface area contributed by atoms with Crippen molar-refractivity contribution in [1.82, 2.24) is 0 Å². The highest BCUT2D eigenvalue weighted by molar-refractivity contribution is 5.87. The number of carboxylic acid groups (broad SMARTS) is 1. The number of aliphatic carboxylic acids is 1. The van der Waals surface area contributed by atoms with Crippen LogP contribution in [0.1, 0.15) is 30.9 Å². The SMILES string of the molecule is COC(=O)/C=C/c1cccc(C2(C(=O)O)CC(C)(OC)C2)c1. The molecule has 0 amide bonds. The summed E-state index contributed by atoms with van der Waals surface area (Å²) in [6.07, 6.45) is 3.78. The molecule has 0 bridgehead atoms. The molecule has 1 aromatic carbocycles. The maximum absolute atomic E-state index is 11.8. The predicted octanol–water partition coefficient (Wildman–Crippen LogP) is 2.39. The molecule has 0 aromatic heterocycles. The summed E-state index contributed by atoms with van der Waals surface area (Å²) in [6.45, 7) is 1.91. The third-order valence-corrected chi connectivity index (χ3v) is 4.31. The molecule has 0 spiro atoms. The van der Waals surface area contributed by atoms with Crippen LogP contribution in [0.4, 0.5) is 0 Å². The number of esters is 1. The van der Waals surface area contributed by atoms with Crippen molar-refractivity contribution < 1.29 is 24.2 Å². The van der Waals surface area contributed by atoms with Crippen LogP contribution < -0.4 is 0 Å². The molecule has 0 heterocycles. The Bertz CT molecular complexity index is 611. The van der Waals surface area contributed by atoms with Gasteiger partial charge in [0, 0.05) is 13.2 Å². The summed E-state index contributed by atoms with van der Waals surface area (Å²) < 4.78 is 9.93. The Labute approximate surface area is 129 Å². The number of ether oxygens (including phenoxy) is 2. The maximum atomic E-state index is 11.8. The van der Waals surface area contributed by atoms with E-state index in [1.807, 2.05) is 13.0 Å². The zero-order chi connectivity index (χ0) is 16.4. The molecule has 0 radical (unpaired) electrons. The van der Waals surface area contributed by atoms with E-state index in [0.717, 1.165) is 11.1 Å². The van der Waals surface area contributed by atoms with Gasteiger partial charge >= 0.3 is 11.9 Å². The van der Waals surface area contributed by atoms with Gasteiger partial charge in [-0.15, -0.1) is 0 Å². The molecule has 1 fully saturated rings. The van der Waals surface area contributed by atoms with E-state index in [9.17, 15) is 14.7 Å². The molecule has 1 aromatic rings. The molecule has 1 N–H and O–H groups in total. The molecular weight excluding hydrogens is 284 g/mol. The molecule has 5 nitrogen and oxygen atoms in total. The molecular formula is C17H20O5. The van der Waals surface area contributed by atoms with E-state index in [-0.39, 0.29) is 0 Å². The number of rotatable bonds is 5. The third-order valence-electron chi connectivity index (χ3n) is 4.31. The van der Waals surface area contributed by atoms with Crippen LogP contribution in [0.5, 0.6) is 0 Å². The highest BCUT2D eigenvalue weighted by Gasteiger charge is 2.58. The van der Waals surface area contributed by atoms with Gasteiger partial charge in [-0.25, -0.2) is 4.79 Å². The Hall–Kier alpha value is -2.14. The third kappa shape index (κ3) is 2.90. The van der Waals surface area contributed by atoms with E-state index in [1.54, 1.807) is 31.4 Å². The van der Waals surface area contributed by atoms with Crippen molar-refractivity contribution in [3.63, 3.8) is 0 Å². The van der Waals surface area contributed by atoms with Crippen LogP contribution in [0.2, 0.25) is 0 Å². The number of carbonyl (C=O) groups is 2. The first-order valence-electron chi connectivity index (χ1n) is 7.00. The fourth-order valence-corrected chi connectivity index (χ4v) is 3.02. The van der Waals surface area contributed by atoms with Gasteiger partial charge in [0.1, 0.15) is 0 Å². The highest BCUT2D eigenvalue weighted by atomic mass is 16.5. The topological polar surface area (TPSA) is 72.8 Å². The lowest BCUT2D eigenvalue weighted by Gasteiger charge is -2.51. The second-order valence-corrected chi connectivity index (χ2v) is 5.88. The smallest absolute Gasteiger partial charge is 0.330 e. The van der Waals surface area contributed by atoms with Crippen LogP contribution in [0.25, 0.3) is 6.08 Å². The van der Waals surface area contributed by atoms with Crippen molar-refractivity contribution in [2.24, 2.45) is 0 Å². The van der Waals surface area contributed by atoms with Crippen molar-refractivity contribution in [2.45, 2.75) is 30.8 Å². The summed E-state index contributed by atoms with van der Waals surface area (Å²) in [4.78, 5) is 22.9. The van der Waals surface area contributed by atoms with E-state index >= 15 is 0 Å². The molecule has 0 saturated heterocycles. The molecule has 0 aliphatic heterocycles. The number of hydrogen-bond donors (Lipinski definition) is 1. The van der Waals surface area contributed by atoms with Gasteiger partial charge < -0.3 is 14.6 Å². The van der Waals surface area contributed by atoms with E-state index < -0.39 is 23.0 Å². The van der Waals surface area contributed by atoms with Crippen LogP contribution in [-0.2, 0) is 24.5 Å². The van der Waals surface area contributed by atoms with E-state index in [4.69, 9.17) is 4.74 Å². The molecule has 0 unspecified atom stereocenters. The number of hydrogen-bond acceptors (Lipinski definition) is 4. The summed E-state index contributed by atoms with van der Waals surface area (Å²) in [5.74, 6) is -1.30. The molecule has 1 aliphatic rings. The quantitative estimate of drug-likeness (QED) is 0.668. The summed E-state index contributed by atoms with van der Waals surface area (Å²) in [7, 11) is 2.91. The normalized spacial score (nSPS) is 27.4. The standard InChI is InChI=1S/C17H20O5/c1-16(22-3)10-17(11-16,15(19)20)13-6-4-5-12(9-13)7-8-14(18)21-2/h4-9H,10-11H2,1-3H3,(H,19,20)/b8-7+. The fraction of sp³-hybridized carbons (Fsp3) is 0.412. The summed E-state index contributed by atoms with van der Waals surface area (Å²) in [5.41, 5.74) is 0.145. The lowest BCUT2D eigenvalue weighted by Crippen LogP contribution is -2.58. The van der Waals surface area contributed by atoms with E-state index in [2.05, 4.69) is 4.74 Å². The maximum Gasteiger partial charge on any atom is 0.330 e. The number of benzene rings is 1. The first kappa shape index (κ1) is 16.2. The van der Waals surface area contributed by atoms with Crippen LogP contribution in [-0.4, -0.2) is 36.9 Å². The van der Waals surface area contributed by atoms with Crippen LogP contribution >= 0.6 is 0 Å². The Kier molecular flexibility index (Phi) is 4.37. The van der Waals surface area contributed by atoms with Crippen molar-refractivity contribution in [3.05, 3.63) is 41.5 Å². The van der Waals surface area contributed by atoms with Crippen LogP contribution in [0, 0.1) is 0 Å². The molecule has 0 atom stereocenters. The Balaban J connectivity index is 2.30. The largest absolute Gasteiger partial charge is 0.481 e. The van der Waals surface area contributed by atoms with Gasteiger partial charge in [-0.3, -0.25) is 4.79 Å². The van der Waals surface area contributed by atoms with E-state index in [1.165, 1.54) is 13.2 Å². The second kappa shape index (κ2) is 5.93. The number of methoxy groups -OCH3 is 2. The fourth-order valence-electron chi connectivity index (χ4n) is 3.02. The zero-order valence-corrected chi connectivity index (χ0v) is 13.0. The lowest BCUT2D eigenvalue weighted by molar-refractivity contribution is -0.166. The summed E-state index contributed by atoms with van der Waals surface area (Å²) in [5, 5.41) is 9.66. The molecule has 1 aliphatic carbocycles. The number of carboxylic acids is 1. The monoisotopic (exact) mass is 304 g/mol. The minimum absolute atomic E-state index is 0.406. The Morgan fingerprint density at radius 2 is 1.95 bits per heavy atom. The Morgan fingerprint density at radius 1 is 1.27 bits per heavy atom. The Morgan fingerprint density at radius 3 is 2.50 bits per heavy atom. The van der Waals surface area contributed by atoms with Gasteiger partial charge in [0.25, 0.3) is 0 Å². The minimum Gasteiger partial charge on any atom is -0.481 e. The minimum atomic E-state index is -0.931. The molecule has 118 valence electrons. The molecule has 2 rings (SSSR count). The van der Waals surface area contributed by atoms with Crippen molar-refractivity contribution >= 4 is 18.0 Å². The first-order chi connectivity index (χ1) is 10.3. The molecule has 1 saturated carbocycles. The molecule has 22 heavy (non-hydrogen) atoms. The van der Waals surface area contributed by atoms with Gasteiger partial charge in [-0.1, -0.05) is 24.3 Å². The van der Waals surface area contributed by atoms with Crippen molar-refractivity contribution in [3.8, 4) is 0 Å². The number of carbonyl (C=O) groups excluding carboxylic acids is 1. The zero-order valence-electron chi connectivity index (χ0n) is 13.0. The van der Waals surface area contributed by atoms with Crippen molar-refractivity contribution in [1.29, 1.82) is 0 Å². The summed E-state index contributed by atoms with van der Waals surface area (Å²) >= 11 is 0.